The van der Waals surface area contributed by atoms with Gasteiger partial charge in [0.05, 0.1) is 31.1 Å². The zero-order chi connectivity index (χ0) is 23.0. The van der Waals surface area contributed by atoms with Crippen LogP contribution in [0, 0.1) is 6.92 Å². The van der Waals surface area contributed by atoms with Crippen molar-refractivity contribution in [1.82, 2.24) is 14.9 Å². The maximum absolute atomic E-state index is 12.4. The number of fused-ring (bicyclic) bond motifs is 1. The van der Waals surface area contributed by atoms with Crippen LogP contribution in [0.2, 0.25) is 0 Å². The SMILES string of the molecule is COc1cccc(OCCn2c(CCNC(=O)Cc3ccccc3C)nc3ccccc32)c1. The molecule has 0 aliphatic heterocycles. The molecule has 33 heavy (non-hydrogen) atoms. The van der Waals surface area contributed by atoms with Gasteiger partial charge in [-0.05, 0) is 42.3 Å². The topological polar surface area (TPSA) is 65.4 Å². The van der Waals surface area contributed by atoms with Gasteiger partial charge in [-0.15, -0.1) is 0 Å². The highest BCUT2D eigenvalue weighted by Crippen LogP contribution is 2.20. The van der Waals surface area contributed by atoms with E-state index in [1.807, 2.05) is 73.7 Å². The Morgan fingerprint density at radius 2 is 1.79 bits per heavy atom. The average molecular weight is 444 g/mol. The second-order valence-corrected chi connectivity index (χ2v) is 7.90. The lowest BCUT2D eigenvalue weighted by molar-refractivity contribution is -0.120. The van der Waals surface area contributed by atoms with E-state index >= 15 is 0 Å². The number of carbonyl (C=O) groups is 1. The number of carbonyl (C=O) groups excluding carboxylic acids is 1. The lowest BCUT2D eigenvalue weighted by Crippen LogP contribution is -2.28. The van der Waals surface area contributed by atoms with Crippen molar-refractivity contribution in [2.45, 2.75) is 26.3 Å². The average Bonchev–Trinajstić information content (AvgIpc) is 3.18. The summed E-state index contributed by atoms with van der Waals surface area (Å²) in [5.74, 6) is 2.49. The molecule has 1 N–H and O–H groups in total. The van der Waals surface area contributed by atoms with Crippen LogP contribution in [0.25, 0.3) is 11.0 Å². The first-order valence-electron chi connectivity index (χ1n) is 11.2. The smallest absolute Gasteiger partial charge is 0.224 e. The molecule has 1 amide bonds. The molecule has 170 valence electrons. The Morgan fingerprint density at radius 3 is 2.64 bits per heavy atom. The number of ether oxygens (including phenoxy) is 2. The van der Waals surface area contributed by atoms with Crippen LogP contribution >= 0.6 is 0 Å². The molecule has 0 radical (unpaired) electrons. The summed E-state index contributed by atoms with van der Waals surface area (Å²) in [7, 11) is 1.64. The Labute approximate surface area is 194 Å². The highest BCUT2D eigenvalue weighted by Gasteiger charge is 2.12. The van der Waals surface area contributed by atoms with Crippen molar-refractivity contribution in [3.8, 4) is 11.5 Å². The van der Waals surface area contributed by atoms with Crippen molar-refractivity contribution in [2.24, 2.45) is 0 Å². The van der Waals surface area contributed by atoms with E-state index in [0.29, 0.717) is 32.5 Å². The second kappa shape index (κ2) is 10.7. The van der Waals surface area contributed by atoms with Gasteiger partial charge in [0.15, 0.2) is 0 Å². The molecule has 0 atom stereocenters. The van der Waals surface area contributed by atoms with E-state index in [4.69, 9.17) is 14.5 Å². The quantitative estimate of drug-likeness (QED) is 0.396. The number of hydrogen-bond acceptors (Lipinski definition) is 4. The second-order valence-electron chi connectivity index (χ2n) is 7.90. The van der Waals surface area contributed by atoms with Crippen molar-refractivity contribution in [1.29, 1.82) is 0 Å². The number of amides is 1. The fourth-order valence-electron chi connectivity index (χ4n) is 3.87. The van der Waals surface area contributed by atoms with Gasteiger partial charge in [-0.3, -0.25) is 4.79 Å². The molecule has 6 nitrogen and oxygen atoms in total. The van der Waals surface area contributed by atoms with Crippen LogP contribution < -0.4 is 14.8 Å². The third-order valence-corrected chi connectivity index (χ3v) is 5.64. The van der Waals surface area contributed by atoms with Gasteiger partial charge in [-0.25, -0.2) is 4.98 Å². The van der Waals surface area contributed by atoms with Crippen LogP contribution in [0.15, 0.2) is 72.8 Å². The Morgan fingerprint density at radius 1 is 1.00 bits per heavy atom. The lowest BCUT2D eigenvalue weighted by atomic mass is 10.1. The maximum Gasteiger partial charge on any atom is 0.224 e. The van der Waals surface area contributed by atoms with E-state index in [2.05, 4.69) is 16.0 Å². The summed E-state index contributed by atoms with van der Waals surface area (Å²) < 4.78 is 13.4. The number of para-hydroxylation sites is 2. The number of benzene rings is 3. The molecule has 0 unspecified atom stereocenters. The molecular formula is C27H29N3O3. The minimum absolute atomic E-state index is 0.0216. The molecule has 4 rings (SSSR count). The van der Waals surface area contributed by atoms with Crippen LogP contribution in [0.5, 0.6) is 11.5 Å². The molecule has 0 aliphatic carbocycles. The lowest BCUT2D eigenvalue weighted by Gasteiger charge is -2.12. The highest BCUT2D eigenvalue weighted by molar-refractivity contribution is 5.79. The van der Waals surface area contributed by atoms with Gasteiger partial charge < -0.3 is 19.4 Å². The van der Waals surface area contributed by atoms with E-state index in [0.717, 1.165) is 39.5 Å². The van der Waals surface area contributed by atoms with Gasteiger partial charge in [0.25, 0.3) is 0 Å². The number of nitrogens with one attached hydrogen (secondary N) is 1. The minimum Gasteiger partial charge on any atom is -0.497 e. The van der Waals surface area contributed by atoms with Crippen LogP contribution in [0.4, 0.5) is 0 Å². The van der Waals surface area contributed by atoms with Gasteiger partial charge in [-0.1, -0.05) is 42.5 Å². The van der Waals surface area contributed by atoms with Crippen molar-refractivity contribution >= 4 is 16.9 Å². The summed E-state index contributed by atoms with van der Waals surface area (Å²) in [5, 5.41) is 3.04. The molecule has 0 fully saturated rings. The van der Waals surface area contributed by atoms with Gasteiger partial charge in [0.1, 0.15) is 23.9 Å². The zero-order valence-electron chi connectivity index (χ0n) is 19.1. The van der Waals surface area contributed by atoms with E-state index in [9.17, 15) is 4.79 Å². The summed E-state index contributed by atoms with van der Waals surface area (Å²) >= 11 is 0. The van der Waals surface area contributed by atoms with Crippen LogP contribution in [-0.4, -0.2) is 35.7 Å². The highest BCUT2D eigenvalue weighted by atomic mass is 16.5. The zero-order valence-corrected chi connectivity index (χ0v) is 19.1. The largest absolute Gasteiger partial charge is 0.497 e. The number of aryl methyl sites for hydroxylation is 1. The standard InChI is InChI=1S/C27H29N3O3/c1-20-8-3-4-9-21(20)18-27(31)28-15-14-26-29-24-12-5-6-13-25(24)30(26)16-17-33-23-11-7-10-22(19-23)32-2/h3-13,19H,14-18H2,1-2H3,(H,28,31). The predicted octanol–water partition coefficient (Wildman–Crippen LogP) is 4.33. The molecule has 1 heterocycles. The van der Waals surface area contributed by atoms with Crippen molar-refractivity contribution < 1.29 is 14.3 Å². The molecular weight excluding hydrogens is 414 g/mol. The normalized spacial score (nSPS) is 10.8. The molecule has 0 saturated heterocycles. The first-order valence-corrected chi connectivity index (χ1v) is 11.2. The molecule has 0 saturated carbocycles. The summed E-state index contributed by atoms with van der Waals surface area (Å²) in [6, 6.07) is 23.6. The summed E-state index contributed by atoms with van der Waals surface area (Å²) in [6.07, 6.45) is 1.03. The molecule has 3 aromatic carbocycles. The first-order chi connectivity index (χ1) is 16.1. The number of aromatic nitrogens is 2. The number of imidazole rings is 1. The monoisotopic (exact) mass is 443 g/mol. The number of nitrogens with zero attached hydrogens (tertiary/aromatic N) is 2. The van der Waals surface area contributed by atoms with Crippen molar-refractivity contribution in [2.75, 3.05) is 20.3 Å². The van der Waals surface area contributed by atoms with Crippen LogP contribution in [0.1, 0.15) is 17.0 Å². The molecule has 0 aliphatic rings. The number of rotatable bonds is 10. The van der Waals surface area contributed by atoms with Crippen molar-refractivity contribution in [3.63, 3.8) is 0 Å². The Kier molecular flexibility index (Phi) is 7.25. The minimum atomic E-state index is 0.0216. The molecule has 0 spiro atoms. The molecule has 4 aromatic rings. The number of methoxy groups -OCH3 is 1. The Bertz CT molecular complexity index is 1230. The van der Waals surface area contributed by atoms with Gasteiger partial charge in [0.2, 0.25) is 5.91 Å². The Balaban J connectivity index is 1.38. The number of hydrogen-bond donors (Lipinski definition) is 1. The molecule has 6 heteroatoms. The summed E-state index contributed by atoms with van der Waals surface area (Å²) in [6.45, 7) is 3.72. The third kappa shape index (κ3) is 5.71. The predicted molar refractivity (Wildman–Crippen MR) is 130 cm³/mol. The third-order valence-electron chi connectivity index (χ3n) is 5.64. The molecule has 0 bridgehead atoms. The molecule has 1 aromatic heterocycles. The van der Waals surface area contributed by atoms with Gasteiger partial charge >= 0.3 is 0 Å². The van der Waals surface area contributed by atoms with E-state index in [1.54, 1.807) is 7.11 Å². The fraction of sp³-hybridized carbons (Fsp3) is 0.259. The van der Waals surface area contributed by atoms with Gasteiger partial charge in [-0.2, -0.15) is 0 Å². The van der Waals surface area contributed by atoms with E-state index in [-0.39, 0.29) is 5.91 Å². The van der Waals surface area contributed by atoms with E-state index in [1.165, 1.54) is 0 Å². The summed E-state index contributed by atoms with van der Waals surface area (Å²) in [5.41, 5.74) is 4.19. The maximum atomic E-state index is 12.4. The van der Waals surface area contributed by atoms with Crippen LogP contribution in [-0.2, 0) is 24.2 Å². The van der Waals surface area contributed by atoms with Crippen LogP contribution in [0.3, 0.4) is 0 Å². The summed E-state index contributed by atoms with van der Waals surface area (Å²) in [4.78, 5) is 17.2. The Hall–Kier alpha value is -3.80. The van der Waals surface area contributed by atoms with Crippen molar-refractivity contribution in [3.05, 3.63) is 89.7 Å². The first kappa shape index (κ1) is 22.4. The van der Waals surface area contributed by atoms with Gasteiger partial charge in [0, 0.05) is 19.0 Å². The fourth-order valence-corrected chi connectivity index (χ4v) is 3.87. The van der Waals surface area contributed by atoms with E-state index < -0.39 is 0 Å².